The fraction of sp³-hybridized carbons (Fsp3) is 0.429. The molecule has 0 radical (unpaired) electrons. The molecule has 108 valence electrons. The predicted octanol–water partition coefficient (Wildman–Crippen LogP) is 1.78. The maximum absolute atomic E-state index is 12.0. The molecular weight excluding hydrogens is 282 g/mol. The van der Waals surface area contributed by atoms with Gasteiger partial charge >= 0.3 is 0 Å². The van der Waals surface area contributed by atoms with E-state index >= 15 is 0 Å². The Kier molecular flexibility index (Phi) is 4.98. The van der Waals surface area contributed by atoms with Crippen molar-refractivity contribution in [1.29, 1.82) is 0 Å². The van der Waals surface area contributed by atoms with Crippen LogP contribution < -0.4 is 4.74 Å². The van der Waals surface area contributed by atoms with Crippen LogP contribution in [0.4, 0.5) is 0 Å². The number of nitrogens with zero attached hydrogens (tertiary/aromatic N) is 1. The highest BCUT2D eigenvalue weighted by atomic mass is 35.5. The van der Waals surface area contributed by atoms with Crippen molar-refractivity contribution in [3.63, 3.8) is 0 Å². The number of carbonyl (C=O) groups excluding carboxylic acids is 2. The lowest BCUT2D eigenvalue weighted by Crippen LogP contribution is -2.43. The lowest BCUT2D eigenvalue weighted by molar-refractivity contribution is -0.137. The number of halogens is 1. The summed E-state index contributed by atoms with van der Waals surface area (Å²) in [5.74, 6) is 0.114. The van der Waals surface area contributed by atoms with Crippen LogP contribution >= 0.6 is 11.6 Å². The summed E-state index contributed by atoms with van der Waals surface area (Å²) in [6.07, 6.45) is 0. The van der Waals surface area contributed by atoms with E-state index in [0.717, 1.165) is 0 Å². The summed E-state index contributed by atoms with van der Waals surface area (Å²) >= 11 is 5.85. The Morgan fingerprint density at radius 2 is 2.05 bits per heavy atom. The van der Waals surface area contributed by atoms with Gasteiger partial charge in [0.05, 0.1) is 18.8 Å². The van der Waals surface area contributed by atoms with Crippen molar-refractivity contribution < 1.29 is 19.1 Å². The summed E-state index contributed by atoms with van der Waals surface area (Å²) < 4.78 is 10.6. The maximum Gasteiger partial charge on any atom is 0.260 e. The van der Waals surface area contributed by atoms with Crippen LogP contribution in [0.3, 0.4) is 0 Å². The molecule has 0 saturated carbocycles. The molecule has 6 heteroatoms. The molecule has 5 nitrogen and oxygen atoms in total. The Labute approximate surface area is 122 Å². The lowest BCUT2D eigenvalue weighted by atomic mass is 10.1. The standard InChI is InChI=1S/C14H16ClNO4/c1-10(17)12-8-11(15)2-3-13(12)20-9-14(18)16-4-6-19-7-5-16/h2-3,8H,4-7,9H2,1H3. The summed E-state index contributed by atoms with van der Waals surface area (Å²) in [6, 6.07) is 4.77. The van der Waals surface area contributed by atoms with Gasteiger partial charge in [0.25, 0.3) is 5.91 Å². The zero-order valence-electron chi connectivity index (χ0n) is 11.2. The molecule has 1 aliphatic heterocycles. The number of hydrogen-bond donors (Lipinski definition) is 0. The minimum absolute atomic E-state index is 0.0953. The molecule has 0 N–H and O–H groups in total. The fourth-order valence-electron chi connectivity index (χ4n) is 1.95. The van der Waals surface area contributed by atoms with Gasteiger partial charge in [-0.05, 0) is 25.1 Å². The molecule has 0 bridgehead atoms. The molecule has 1 aliphatic rings. The zero-order chi connectivity index (χ0) is 14.5. The van der Waals surface area contributed by atoms with Crippen molar-refractivity contribution in [3.05, 3.63) is 28.8 Å². The molecule has 0 unspecified atom stereocenters. The SMILES string of the molecule is CC(=O)c1cc(Cl)ccc1OCC(=O)N1CCOCC1. The Bertz CT molecular complexity index is 512. The predicted molar refractivity (Wildman–Crippen MR) is 74.4 cm³/mol. The molecule has 1 amide bonds. The number of morpholine rings is 1. The molecule has 0 aromatic heterocycles. The van der Waals surface area contributed by atoms with Crippen molar-refractivity contribution >= 4 is 23.3 Å². The van der Waals surface area contributed by atoms with Gasteiger partial charge in [-0.2, -0.15) is 0 Å². The van der Waals surface area contributed by atoms with E-state index in [9.17, 15) is 9.59 Å². The number of carbonyl (C=O) groups is 2. The summed E-state index contributed by atoms with van der Waals surface area (Å²) in [4.78, 5) is 25.2. The molecule has 0 aliphatic carbocycles. The third-order valence-electron chi connectivity index (χ3n) is 3.04. The summed E-state index contributed by atoms with van der Waals surface area (Å²) in [5, 5.41) is 0.460. The lowest BCUT2D eigenvalue weighted by Gasteiger charge is -2.26. The molecule has 1 aromatic rings. The number of benzene rings is 1. The highest BCUT2D eigenvalue weighted by molar-refractivity contribution is 6.31. The average Bonchev–Trinajstić information content (AvgIpc) is 2.46. The fourth-order valence-corrected chi connectivity index (χ4v) is 2.12. The monoisotopic (exact) mass is 297 g/mol. The minimum atomic E-state index is -0.152. The van der Waals surface area contributed by atoms with Crippen LogP contribution in [-0.4, -0.2) is 49.5 Å². The van der Waals surface area contributed by atoms with Crippen LogP contribution in [0.15, 0.2) is 18.2 Å². The van der Waals surface area contributed by atoms with Crippen LogP contribution in [0.25, 0.3) is 0 Å². The van der Waals surface area contributed by atoms with Crippen molar-refractivity contribution in [1.82, 2.24) is 4.90 Å². The number of rotatable bonds is 4. The van der Waals surface area contributed by atoms with E-state index in [4.69, 9.17) is 21.1 Å². The number of Topliss-reactive ketones (excluding diaryl/α,β-unsaturated/α-hetero) is 1. The average molecular weight is 298 g/mol. The van der Waals surface area contributed by atoms with E-state index in [-0.39, 0.29) is 18.3 Å². The topological polar surface area (TPSA) is 55.8 Å². The minimum Gasteiger partial charge on any atom is -0.483 e. The molecule has 1 aromatic carbocycles. The highest BCUT2D eigenvalue weighted by Crippen LogP contribution is 2.23. The van der Waals surface area contributed by atoms with Gasteiger partial charge in [-0.15, -0.1) is 0 Å². The summed E-state index contributed by atoms with van der Waals surface area (Å²) in [7, 11) is 0. The molecular formula is C14H16ClNO4. The van der Waals surface area contributed by atoms with Gasteiger partial charge < -0.3 is 14.4 Å². The first-order valence-corrected chi connectivity index (χ1v) is 6.74. The largest absolute Gasteiger partial charge is 0.483 e. The number of ketones is 1. The first-order chi connectivity index (χ1) is 9.58. The van der Waals surface area contributed by atoms with Gasteiger partial charge in [0.1, 0.15) is 5.75 Å². The van der Waals surface area contributed by atoms with Gasteiger partial charge in [-0.25, -0.2) is 0 Å². The Balaban J connectivity index is 1.99. The smallest absolute Gasteiger partial charge is 0.260 e. The van der Waals surface area contributed by atoms with E-state index in [2.05, 4.69) is 0 Å². The second-order valence-electron chi connectivity index (χ2n) is 4.48. The number of hydrogen-bond acceptors (Lipinski definition) is 4. The quantitative estimate of drug-likeness (QED) is 0.795. The third kappa shape index (κ3) is 3.71. The van der Waals surface area contributed by atoms with Crippen molar-refractivity contribution in [2.45, 2.75) is 6.92 Å². The first kappa shape index (κ1) is 14.8. The van der Waals surface area contributed by atoms with Gasteiger partial charge in [-0.1, -0.05) is 11.6 Å². The zero-order valence-corrected chi connectivity index (χ0v) is 12.0. The van der Waals surface area contributed by atoms with Crippen LogP contribution in [0.5, 0.6) is 5.75 Å². The van der Waals surface area contributed by atoms with E-state index < -0.39 is 0 Å². The molecule has 0 spiro atoms. The van der Waals surface area contributed by atoms with E-state index in [1.165, 1.54) is 6.92 Å². The molecule has 0 atom stereocenters. The molecule has 2 rings (SSSR count). The second kappa shape index (κ2) is 6.72. The maximum atomic E-state index is 12.0. The van der Waals surface area contributed by atoms with Crippen LogP contribution in [-0.2, 0) is 9.53 Å². The van der Waals surface area contributed by atoms with E-state index in [1.807, 2.05) is 0 Å². The van der Waals surface area contributed by atoms with E-state index in [0.29, 0.717) is 42.6 Å². The number of ether oxygens (including phenoxy) is 2. The Hall–Kier alpha value is -1.59. The van der Waals surface area contributed by atoms with Crippen molar-refractivity contribution in [3.8, 4) is 5.75 Å². The summed E-state index contributed by atoms with van der Waals surface area (Å²) in [5.41, 5.74) is 0.382. The molecule has 1 fully saturated rings. The molecule has 20 heavy (non-hydrogen) atoms. The van der Waals surface area contributed by atoms with E-state index in [1.54, 1.807) is 23.1 Å². The Morgan fingerprint density at radius 1 is 1.35 bits per heavy atom. The van der Waals surface area contributed by atoms with Gasteiger partial charge in [0.15, 0.2) is 12.4 Å². The van der Waals surface area contributed by atoms with Crippen LogP contribution in [0, 0.1) is 0 Å². The Morgan fingerprint density at radius 3 is 2.70 bits per heavy atom. The number of amides is 1. The van der Waals surface area contributed by atoms with Crippen LogP contribution in [0.1, 0.15) is 17.3 Å². The second-order valence-corrected chi connectivity index (χ2v) is 4.91. The third-order valence-corrected chi connectivity index (χ3v) is 3.27. The molecule has 1 saturated heterocycles. The summed E-state index contributed by atoms with van der Waals surface area (Å²) in [6.45, 7) is 3.58. The highest BCUT2D eigenvalue weighted by Gasteiger charge is 2.18. The normalized spacial score (nSPS) is 15.0. The van der Waals surface area contributed by atoms with Gasteiger partial charge in [0.2, 0.25) is 0 Å². The first-order valence-electron chi connectivity index (χ1n) is 6.37. The molecule has 1 heterocycles. The van der Waals surface area contributed by atoms with Gasteiger partial charge in [-0.3, -0.25) is 9.59 Å². The van der Waals surface area contributed by atoms with Crippen LogP contribution in [0.2, 0.25) is 5.02 Å². The van der Waals surface area contributed by atoms with Crippen molar-refractivity contribution in [2.75, 3.05) is 32.9 Å². The van der Waals surface area contributed by atoms with Gasteiger partial charge in [0, 0.05) is 18.1 Å². The van der Waals surface area contributed by atoms with Crippen molar-refractivity contribution in [2.24, 2.45) is 0 Å².